The number of thioether (sulfide) groups is 1. The second-order valence-electron chi connectivity index (χ2n) is 6.54. The second-order valence-corrected chi connectivity index (χ2v) is 7.48. The molecule has 4 rings (SSSR count). The zero-order chi connectivity index (χ0) is 19.5. The molecule has 0 bridgehead atoms. The molecule has 4 aromatic rings. The second kappa shape index (κ2) is 7.82. The van der Waals surface area contributed by atoms with Crippen LogP contribution in [0.4, 0.5) is 5.69 Å². The standard InChI is InChI=1S/C21H19N5OS/c1-14-7-10-19(11-15(14)2)26-21(23-24-25-26)28-13-20(27)22-18-9-8-16-5-3-4-6-17(16)12-18/h3-12H,13H2,1-2H3,(H,22,27). The van der Waals surface area contributed by atoms with Crippen LogP contribution in [0.2, 0.25) is 0 Å². The van der Waals surface area contributed by atoms with Crippen LogP contribution in [0.3, 0.4) is 0 Å². The molecule has 0 aliphatic heterocycles. The van der Waals surface area contributed by atoms with Crippen molar-refractivity contribution < 1.29 is 4.79 Å². The Morgan fingerprint density at radius 1 is 1.00 bits per heavy atom. The van der Waals surface area contributed by atoms with Gasteiger partial charge in [0.15, 0.2) is 0 Å². The predicted molar refractivity (Wildman–Crippen MR) is 112 cm³/mol. The number of nitrogens with one attached hydrogen (secondary N) is 1. The van der Waals surface area contributed by atoms with Crippen LogP contribution in [0.25, 0.3) is 16.5 Å². The molecule has 6 nitrogen and oxygen atoms in total. The highest BCUT2D eigenvalue weighted by Crippen LogP contribution is 2.22. The van der Waals surface area contributed by atoms with Gasteiger partial charge in [-0.15, -0.1) is 5.10 Å². The number of fused-ring (bicyclic) bond motifs is 1. The van der Waals surface area contributed by atoms with E-state index in [2.05, 4.69) is 27.8 Å². The van der Waals surface area contributed by atoms with Crippen molar-refractivity contribution in [3.63, 3.8) is 0 Å². The van der Waals surface area contributed by atoms with Gasteiger partial charge < -0.3 is 5.32 Å². The summed E-state index contributed by atoms with van der Waals surface area (Å²) in [5.74, 6) is 0.118. The first-order valence-corrected chi connectivity index (χ1v) is 9.86. The molecule has 7 heteroatoms. The summed E-state index contributed by atoms with van der Waals surface area (Å²) in [6.45, 7) is 4.11. The Kier molecular flexibility index (Phi) is 5.08. The van der Waals surface area contributed by atoms with Crippen LogP contribution in [-0.2, 0) is 4.79 Å². The average molecular weight is 389 g/mol. The van der Waals surface area contributed by atoms with E-state index >= 15 is 0 Å². The zero-order valence-electron chi connectivity index (χ0n) is 15.6. The summed E-state index contributed by atoms with van der Waals surface area (Å²) in [5.41, 5.74) is 4.03. The van der Waals surface area contributed by atoms with E-state index in [9.17, 15) is 4.79 Å². The number of hydrogen-bond donors (Lipinski definition) is 1. The van der Waals surface area contributed by atoms with Crippen molar-refractivity contribution in [2.24, 2.45) is 0 Å². The Balaban J connectivity index is 1.43. The fourth-order valence-corrected chi connectivity index (χ4v) is 3.57. The van der Waals surface area contributed by atoms with Gasteiger partial charge in [0, 0.05) is 5.69 Å². The van der Waals surface area contributed by atoms with Gasteiger partial charge >= 0.3 is 0 Å². The molecule has 1 heterocycles. The molecule has 140 valence electrons. The monoisotopic (exact) mass is 389 g/mol. The molecule has 28 heavy (non-hydrogen) atoms. The number of benzene rings is 3. The Morgan fingerprint density at radius 3 is 2.64 bits per heavy atom. The summed E-state index contributed by atoms with van der Waals surface area (Å²) in [6, 6.07) is 20.0. The summed E-state index contributed by atoms with van der Waals surface area (Å²) in [7, 11) is 0. The van der Waals surface area contributed by atoms with Crippen molar-refractivity contribution in [1.29, 1.82) is 0 Å². The summed E-state index contributed by atoms with van der Waals surface area (Å²) in [5, 5.41) is 17.6. The Hall–Kier alpha value is -3.19. The number of amides is 1. The largest absolute Gasteiger partial charge is 0.325 e. The van der Waals surface area contributed by atoms with Crippen LogP contribution in [0.1, 0.15) is 11.1 Å². The Bertz CT molecular complexity index is 1150. The van der Waals surface area contributed by atoms with Crippen molar-refractivity contribution in [1.82, 2.24) is 20.2 Å². The molecule has 0 aliphatic rings. The lowest BCUT2D eigenvalue weighted by molar-refractivity contribution is -0.113. The van der Waals surface area contributed by atoms with E-state index in [-0.39, 0.29) is 11.7 Å². The maximum Gasteiger partial charge on any atom is 0.234 e. The lowest BCUT2D eigenvalue weighted by atomic mass is 10.1. The average Bonchev–Trinajstić information content (AvgIpc) is 3.17. The van der Waals surface area contributed by atoms with Crippen LogP contribution in [0.5, 0.6) is 0 Å². The van der Waals surface area contributed by atoms with Gasteiger partial charge in [0.25, 0.3) is 0 Å². The Labute approximate surface area is 167 Å². The maximum atomic E-state index is 12.4. The van der Waals surface area contributed by atoms with E-state index in [1.54, 1.807) is 4.68 Å². The highest BCUT2D eigenvalue weighted by Gasteiger charge is 2.12. The van der Waals surface area contributed by atoms with Gasteiger partial charge in [-0.25, -0.2) is 0 Å². The van der Waals surface area contributed by atoms with E-state index in [0.717, 1.165) is 27.7 Å². The quantitative estimate of drug-likeness (QED) is 0.519. The number of aromatic nitrogens is 4. The smallest absolute Gasteiger partial charge is 0.234 e. The fourth-order valence-electron chi connectivity index (χ4n) is 2.88. The van der Waals surface area contributed by atoms with Crippen LogP contribution in [-0.4, -0.2) is 31.9 Å². The van der Waals surface area contributed by atoms with Crippen molar-refractivity contribution in [3.05, 3.63) is 71.8 Å². The van der Waals surface area contributed by atoms with Crippen molar-refractivity contribution >= 4 is 34.1 Å². The third-order valence-electron chi connectivity index (χ3n) is 4.54. The molecule has 0 aliphatic carbocycles. The van der Waals surface area contributed by atoms with Gasteiger partial charge in [0.05, 0.1) is 11.4 Å². The minimum Gasteiger partial charge on any atom is -0.325 e. The topological polar surface area (TPSA) is 72.7 Å². The van der Waals surface area contributed by atoms with E-state index in [1.807, 2.05) is 67.6 Å². The lowest BCUT2D eigenvalue weighted by Gasteiger charge is -2.08. The SMILES string of the molecule is Cc1ccc(-n2nnnc2SCC(=O)Nc2ccc3ccccc3c2)cc1C. The number of aryl methyl sites for hydroxylation is 2. The van der Waals surface area contributed by atoms with Crippen molar-refractivity contribution in [3.8, 4) is 5.69 Å². The molecule has 1 aromatic heterocycles. The van der Waals surface area contributed by atoms with E-state index < -0.39 is 0 Å². The highest BCUT2D eigenvalue weighted by molar-refractivity contribution is 7.99. The first-order chi connectivity index (χ1) is 13.6. The third kappa shape index (κ3) is 3.89. The molecule has 3 aromatic carbocycles. The predicted octanol–water partition coefficient (Wildman–Crippen LogP) is 4.16. The zero-order valence-corrected chi connectivity index (χ0v) is 16.4. The molecule has 0 unspecified atom stereocenters. The molecule has 0 radical (unpaired) electrons. The maximum absolute atomic E-state index is 12.4. The van der Waals surface area contributed by atoms with E-state index in [0.29, 0.717) is 5.16 Å². The van der Waals surface area contributed by atoms with Gasteiger partial charge in [-0.05, 0) is 70.4 Å². The van der Waals surface area contributed by atoms with Crippen LogP contribution in [0, 0.1) is 13.8 Å². The summed E-state index contributed by atoms with van der Waals surface area (Å²) in [4.78, 5) is 12.4. The minimum absolute atomic E-state index is 0.102. The number of anilines is 1. The van der Waals surface area contributed by atoms with Gasteiger partial charge in [-0.1, -0.05) is 48.2 Å². The van der Waals surface area contributed by atoms with Crippen molar-refractivity contribution in [2.75, 3.05) is 11.1 Å². The van der Waals surface area contributed by atoms with Gasteiger partial charge in [-0.2, -0.15) is 4.68 Å². The molecule has 1 N–H and O–H groups in total. The van der Waals surface area contributed by atoms with Crippen LogP contribution in [0.15, 0.2) is 65.8 Å². The molecule has 1 amide bonds. The minimum atomic E-state index is -0.102. The normalized spacial score (nSPS) is 10.9. The molecular formula is C21H19N5OS. The molecule has 0 saturated heterocycles. The van der Waals surface area contributed by atoms with Gasteiger partial charge in [0.2, 0.25) is 11.1 Å². The molecule has 0 saturated carbocycles. The lowest BCUT2D eigenvalue weighted by Crippen LogP contribution is -2.14. The fraction of sp³-hybridized carbons (Fsp3) is 0.143. The highest BCUT2D eigenvalue weighted by atomic mass is 32.2. The number of tetrazole rings is 1. The van der Waals surface area contributed by atoms with Crippen molar-refractivity contribution in [2.45, 2.75) is 19.0 Å². The molecular weight excluding hydrogens is 370 g/mol. The van der Waals surface area contributed by atoms with E-state index in [1.165, 1.54) is 17.3 Å². The first-order valence-electron chi connectivity index (χ1n) is 8.87. The van der Waals surface area contributed by atoms with Crippen LogP contribution >= 0.6 is 11.8 Å². The summed E-state index contributed by atoms with van der Waals surface area (Å²) in [6.07, 6.45) is 0. The van der Waals surface area contributed by atoms with Crippen LogP contribution < -0.4 is 5.32 Å². The van der Waals surface area contributed by atoms with Gasteiger partial charge in [-0.3, -0.25) is 4.79 Å². The molecule has 0 spiro atoms. The first kappa shape index (κ1) is 18.2. The molecule has 0 atom stereocenters. The number of hydrogen-bond acceptors (Lipinski definition) is 5. The molecule has 0 fully saturated rings. The Morgan fingerprint density at radius 2 is 1.82 bits per heavy atom. The number of rotatable bonds is 5. The van der Waals surface area contributed by atoms with E-state index in [4.69, 9.17) is 0 Å². The third-order valence-corrected chi connectivity index (χ3v) is 5.46. The number of nitrogens with zero attached hydrogens (tertiary/aromatic N) is 4. The number of carbonyl (C=O) groups is 1. The summed E-state index contributed by atoms with van der Waals surface area (Å²) >= 11 is 1.30. The van der Waals surface area contributed by atoms with Gasteiger partial charge in [0.1, 0.15) is 0 Å². The summed E-state index contributed by atoms with van der Waals surface area (Å²) < 4.78 is 1.65. The number of carbonyl (C=O) groups excluding carboxylic acids is 1.